The minimum absolute atomic E-state index is 0.104. The highest BCUT2D eigenvalue weighted by Gasteiger charge is 2.42. The van der Waals surface area contributed by atoms with E-state index in [0.717, 1.165) is 24.8 Å². The fourth-order valence-electron chi connectivity index (χ4n) is 3.27. The van der Waals surface area contributed by atoms with Gasteiger partial charge in [0.05, 0.1) is 6.10 Å². The monoisotopic (exact) mass is 247 g/mol. The highest BCUT2D eigenvalue weighted by Crippen LogP contribution is 2.49. The molecule has 2 nitrogen and oxygen atoms in total. The zero-order valence-corrected chi connectivity index (χ0v) is 11.5. The summed E-state index contributed by atoms with van der Waals surface area (Å²) in [5.41, 5.74) is 8.19. The van der Waals surface area contributed by atoms with Gasteiger partial charge in [-0.15, -0.1) is 0 Å². The number of aryl methyl sites for hydroxylation is 1. The molecule has 1 fully saturated rings. The Morgan fingerprint density at radius 2 is 2.06 bits per heavy atom. The van der Waals surface area contributed by atoms with Crippen molar-refractivity contribution in [2.24, 2.45) is 17.1 Å². The van der Waals surface area contributed by atoms with E-state index < -0.39 is 6.10 Å². The molecule has 1 aromatic carbocycles. The van der Waals surface area contributed by atoms with Crippen molar-refractivity contribution in [2.45, 2.75) is 45.6 Å². The van der Waals surface area contributed by atoms with Crippen molar-refractivity contribution in [2.75, 3.05) is 6.54 Å². The molecule has 0 saturated heterocycles. The molecule has 1 aliphatic carbocycles. The molecule has 3 N–H and O–H groups in total. The van der Waals surface area contributed by atoms with Crippen LogP contribution in [0.15, 0.2) is 24.3 Å². The van der Waals surface area contributed by atoms with Crippen LogP contribution >= 0.6 is 0 Å². The van der Waals surface area contributed by atoms with Crippen LogP contribution in [0, 0.1) is 11.3 Å². The molecule has 2 rings (SSSR count). The lowest BCUT2D eigenvalue weighted by atomic mass is 9.76. The summed E-state index contributed by atoms with van der Waals surface area (Å²) in [6.07, 6.45) is 3.89. The second-order valence-corrected chi connectivity index (χ2v) is 5.91. The summed E-state index contributed by atoms with van der Waals surface area (Å²) < 4.78 is 0. The fraction of sp³-hybridized carbons (Fsp3) is 0.625. The Kier molecular flexibility index (Phi) is 4.08. The molecular weight excluding hydrogens is 222 g/mol. The number of aliphatic hydroxyl groups excluding tert-OH is 1. The summed E-state index contributed by atoms with van der Waals surface area (Å²) >= 11 is 0. The van der Waals surface area contributed by atoms with Crippen LogP contribution in [0.1, 0.15) is 50.3 Å². The molecule has 1 aromatic rings. The molecule has 0 aromatic heterocycles. The van der Waals surface area contributed by atoms with Crippen molar-refractivity contribution in [1.82, 2.24) is 0 Å². The maximum absolute atomic E-state index is 10.7. The zero-order valence-electron chi connectivity index (χ0n) is 11.5. The summed E-state index contributed by atoms with van der Waals surface area (Å²) in [5.74, 6) is 0.679. The Morgan fingerprint density at radius 3 is 2.50 bits per heavy atom. The molecule has 3 unspecified atom stereocenters. The first-order valence-corrected chi connectivity index (χ1v) is 7.08. The highest BCUT2D eigenvalue weighted by molar-refractivity contribution is 5.26. The molecule has 1 aliphatic rings. The first-order chi connectivity index (χ1) is 8.61. The van der Waals surface area contributed by atoms with E-state index in [4.69, 9.17) is 5.73 Å². The highest BCUT2D eigenvalue weighted by atomic mass is 16.3. The second kappa shape index (κ2) is 5.41. The third kappa shape index (κ3) is 2.45. The van der Waals surface area contributed by atoms with Gasteiger partial charge in [0, 0.05) is 12.0 Å². The van der Waals surface area contributed by atoms with Crippen LogP contribution in [-0.4, -0.2) is 11.7 Å². The molecule has 0 heterocycles. The van der Waals surface area contributed by atoms with Gasteiger partial charge in [0.15, 0.2) is 0 Å². The molecule has 0 spiro atoms. The maximum Gasteiger partial charge on any atom is 0.0858 e. The molecule has 1 saturated carbocycles. The van der Waals surface area contributed by atoms with Gasteiger partial charge in [-0.05, 0) is 36.3 Å². The summed E-state index contributed by atoms with van der Waals surface area (Å²) in [6, 6.07) is 8.34. The lowest BCUT2D eigenvalue weighted by molar-refractivity contribution is 0.0308. The number of benzene rings is 1. The largest absolute Gasteiger partial charge is 0.388 e. The average molecular weight is 247 g/mol. The molecule has 0 bridgehead atoms. The number of hydrogen-bond acceptors (Lipinski definition) is 2. The van der Waals surface area contributed by atoms with Crippen LogP contribution in [-0.2, 0) is 6.42 Å². The van der Waals surface area contributed by atoms with Gasteiger partial charge in [-0.2, -0.15) is 0 Å². The van der Waals surface area contributed by atoms with Crippen LogP contribution < -0.4 is 5.73 Å². The van der Waals surface area contributed by atoms with Gasteiger partial charge in [0.2, 0.25) is 0 Å². The third-order valence-electron chi connectivity index (χ3n) is 4.58. The van der Waals surface area contributed by atoms with Crippen molar-refractivity contribution < 1.29 is 5.11 Å². The van der Waals surface area contributed by atoms with E-state index in [1.807, 2.05) is 0 Å². The molecule has 18 heavy (non-hydrogen) atoms. The van der Waals surface area contributed by atoms with E-state index in [0.29, 0.717) is 12.5 Å². The smallest absolute Gasteiger partial charge is 0.0858 e. The van der Waals surface area contributed by atoms with Crippen LogP contribution in [0.3, 0.4) is 0 Å². The van der Waals surface area contributed by atoms with Gasteiger partial charge >= 0.3 is 0 Å². The molecule has 2 heteroatoms. The zero-order chi connectivity index (χ0) is 13.2. The number of aliphatic hydroxyl groups is 1. The van der Waals surface area contributed by atoms with Crippen LogP contribution in [0.5, 0.6) is 0 Å². The predicted molar refractivity (Wildman–Crippen MR) is 75.3 cm³/mol. The van der Waals surface area contributed by atoms with Gasteiger partial charge in [0.25, 0.3) is 0 Å². The minimum atomic E-state index is -0.418. The van der Waals surface area contributed by atoms with Gasteiger partial charge in [0.1, 0.15) is 0 Å². The maximum atomic E-state index is 10.7. The van der Waals surface area contributed by atoms with Crippen LogP contribution in [0.25, 0.3) is 0 Å². The lowest BCUT2D eigenvalue weighted by Gasteiger charge is -2.33. The number of hydrogen-bond donors (Lipinski definition) is 2. The third-order valence-corrected chi connectivity index (χ3v) is 4.58. The van der Waals surface area contributed by atoms with Crippen molar-refractivity contribution in [3.63, 3.8) is 0 Å². The quantitative estimate of drug-likeness (QED) is 0.859. The Bertz CT molecular complexity index is 387. The Hall–Kier alpha value is -0.860. The molecule has 3 atom stereocenters. The Morgan fingerprint density at radius 1 is 1.39 bits per heavy atom. The van der Waals surface area contributed by atoms with E-state index in [-0.39, 0.29) is 5.41 Å². The topological polar surface area (TPSA) is 46.2 Å². The first-order valence-electron chi connectivity index (χ1n) is 7.08. The summed E-state index contributed by atoms with van der Waals surface area (Å²) in [7, 11) is 0. The molecular formula is C16H25NO. The first kappa shape index (κ1) is 13.6. The molecule has 0 amide bonds. The average Bonchev–Trinajstić information content (AvgIpc) is 2.81. The molecule has 100 valence electrons. The van der Waals surface area contributed by atoms with Crippen molar-refractivity contribution in [1.29, 1.82) is 0 Å². The summed E-state index contributed by atoms with van der Waals surface area (Å²) in [4.78, 5) is 0. The fourth-order valence-corrected chi connectivity index (χ4v) is 3.27. The van der Waals surface area contributed by atoms with Gasteiger partial charge in [-0.1, -0.05) is 44.5 Å². The Balaban J connectivity index is 2.20. The van der Waals surface area contributed by atoms with E-state index in [1.165, 1.54) is 12.0 Å². The van der Waals surface area contributed by atoms with Crippen LogP contribution in [0.2, 0.25) is 0 Å². The lowest BCUT2D eigenvalue weighted by Crippen LogP contribution is -2.34. The van der Waals surface area contributed by atoms with Crippen molar-refractivity contribution >= 4 is 0 Å². The SMILES string of the molecule is CCc1ccc(C(O)C2(CN)CCC(C)C2)cc1. The van der Waals surface area contributed by atoms with E-state index in [1.54, 1.807) is 0 Å². The van der Waals surface area contributed by atoms with Gasteiger partial charge < -0.3 is 10.8 Å². The normalized spacial score (nSPS) is 29.4. The predicted octanol–water partition coefficient (Wildman–Crippen LogP) is 3.05. The van der Waals surface area contributed by atoms with Crippen molar-refractivity contribution in [3.05, 3.63) is 35.4 Å². The van der Waals surface area contributed by atoms with Gasteiger partial charge in [-0.25, -0.2) is 0 Å². The summed E-state index contributed by atoms with van der Waals surface area (Å²) in [5, 5.41) is 10.7. The Labute approximate surface area is 110 Å². The number of rotatable bonds is 4. The molecule has 0 aliphatic heterocycles. The van der Waals surface area contributed by atoms with Crippen LogP contribution in [0.4, 0.5) is 0 Å². The van der Waals surface area contributed by atoms with E-state index >= 15 is 0 Å². The number of nitrogens with two attached hydrogens (primary N) is 1. The van der Waals surface area contributed by atoms with Gasteiger partial charge in [-0.3, -0.25) is 0 Å². The summed E-state index contributed by atoms with van der Waals surface area (Å²) in [6.45, 7) is 4.98. The van der Waals surface area contributed by atoms with E-state index in [2.05, 4.69) is 38.1 Å². The van der Waals surface area contributed by atoms with Crippen molar-refractivity contribution in [3.8, 4) is 0 Å². The minimum Gasteiger partial charge on any atom is -0.388 e. The van der Waals surface area contributed by atoms with E-state index in [9.17, 15) is 5.11 Å². The molecule has 0 radical (unpaired) electrons. The standard InChI is InChI=1S/C16H25NO/c1-3-13-4-6-14(7-5-13)15(18)16(11-17)9-8-12(2)10-16/h4-7,12,15,18H,3,8-11,17H2,1-2H3. The second-order valence-electron chi connectivity index (χ2n) is 5.91.